The minimum atomic E-state index is -0.493. The zero-order chi connectivity index (χ0) is 9.90. The highest BCUT2D eigenvalue weighted by molar-refractivity contribution is 7.10. The second-order valence-corrected chi connectivity index (χ2v) is 4.91. The molecule has 13 heavy (non-hydrogen) atoms. The van der Waals surface area contributed by atoms with E-state index in [2.05, 4.69) is 0 Å². The van der Waals surface area contributed by atoms with Crippen molar-refractivity contribution in [2.24, 2.45) is 5.73 Å². The Hall–Kier alpha value is -0.0900. The average molecular weight is 220 g/mol. The van der Waals surface area contributed by atoms with E-state index in [0.717, 1.165) is 22.7 Å². The quantitative estimate of drug-likeness (QED) is 0.814. The molecule has 0 amide bonds. The van der Waals surface area contributed by atoms with E-state index < -0.39 is 5.54 Å². The Balaban J connectivity index is 2.48. The Morgan fingerprint density at radius 2 is 2.38 bits per heavy atom. The van der Waals surface area contributed by atoms with E-state index in [1.165, 1.54) is 0 Å². The van der Waals surface area contributed by atoms with Crippen LogP contribution in [0.5, 0.6) is 0 Å². The lowest BCUT2D eigenvalue weighted by Crippen LogP contribution is -2.40. The van der Waals surface area contributed by atoms with Crippen LogP contribution in [0.4, 0.5) is 0 Å². The van der Waals surface area contributed by atoms with Gasteiger partial charge >= 0.3 is 0 Å². The molecule has 0 saturated heterocycles. The van der Waals surface area contributed by atoms with Crippen LogP contribution < -0.4 is 5.73 Å². The fourth-order valence-electron chi connectivity index (χ4n) is 0.982. The van der Waals surface area contributed by atoms with Crippen molar-refractivity contribution in [3.8, 4) is 0 Å². The molecule has 0 spiro atoms. The molecule has 0 radical (unpaired) electrons. The van der Waals surface area contributed by atoms with Gasteiger partial charge in [-0.3, -0.25) is 0 Å². The third-order valence-corrected chi connectivity index (χ3v) is 3.42. The lowest BCUT2D eigenvalue weighted by atomic mass is 9.98. The van der Waals surface area contributed by atoms with Crippen molar-refractivity contribution in [2.75, 3.05) is 6.61 Å². The van der Waals surface area contributed by atoms with Gasteiger partial charge in [-0.15, -0.1) is 11.3 Å². The maximum absolute atomic E-state index is 8.94. The molecule has 0 aliphatic heterocycles. The van der Waals surface area contributed by atoms with Crippen molar-refractivity contribution < 1.29 is 5.11 Å². The molecule has 1 aromatic heterocycles. The van der Waals surface area contributed by atoms with Crippen molar-refractivity contribution >= 4 is 22.9 Å². The van der Waals surface area contributed by atoms with Gasteiger partial charge in [-0.2, -0.15) is 0 Å². The minimum Gasteiger partial charge on any atom is -0.394 e. The molecule has 0 aromatic carbocycles. The van der Waals surface area contributed by atoms with Gasteiger partial charge in [0.2, 0.25) is 0 Å². The van der Waals surface area contributed by atoms with Gasteiger partial charge in [-0.1, -0.05) is 11.6 Å². The van der Waals surface area contributed by atoms with E-state index in [9.17, 15) is 0 Å². The first-order chi connectivity index (χ1) is 6.05. The summed E-state index contributed by atoms with van der Waals surface area (Å²) in [6, 6.07) is 1.88. The van der Waals surface area contributed by atoms with Gasteiger partial charge in [0.05, 0.1) is 11.6 Å². The third kappa shape index (κ3) is 3.27. The topological polar surface area (TPSA) is 46.2 Å². The summed E-state index contributed by atoms with van der Waals surface area (Å²) in [6.45, 7) is 1.85. The number of aryl methyl sites for hydroxylation is 1. The van der Waals surface area contributed by atoms with Gasteiger partial charge in [0.15, 0.2) is 0 Å². The number of aliphatic hydroxyl groups is 1. The van der Waals surface area contributed by atoms with Gasteiger partial charge in [-0.25, -0.2) is 0 Å². The van der Waals surface area contributed by atoms with Crippen molar-refractivity contribution in [1.29, 1.82) is 0 Å². The molecule has 1 rings (SSSR count). The molecule has 1 aromatic rings. The number of thiophene rings is 1. The molecular weight excluding hydrogens is 206 g/mol. The molecule has 3 N–H and O–H groups in total. The predicted molar refractivity (Wildman–Crippen MR) is 57.3 cm³/mol. The van der Waals surface area contributed by atoms with Crippen LogP contribution in [0.1, 0.15) is 18.2 Å². The number of hydrogen-bond acceptors (Lipinski definition) is 3. The van der Waals surface area contributed by atoms with E-state index in [1.807, 2.05) is 18.4 Å². The Labute approximate surface area is 87.3 Å². The van der Waals surface area contributed by atoms with E-state index in [0.29, 0.717) is 0 Å². The molecular formula is C9H14ClNOS. The lowest BCUT2D eigenvalue weighted by Gasteiger charge is -2.20. The molecule has 1 heterocycles. The summed E-state index contributed by atoms with van der Waals surface area (Å²) in [5.74, 6) is 0. The second kappa shape index (κ2) is 4.42. The van der Waals surface area contributed by atoms with Crippen LogP contribution in [-0.4, -0.2) is 17.3 Å². The summed E-state index contributed by atoms with van der Waals surface area (Å²) < 4.78 is 0. The van der Waals surface area contributed by atoms with Crippen molar-refractivity contribution in [3.63, 3.8) is 0 Å². The SMILES string of the molecule is CC(N)(CO)CCc1sccc1Cl. The highest BCUT2D eigenvalue weighted by Crippen LogP contribution is 2.24. The number of rotatable bonds is 4. The van der Waals surface area contributed by atoms with Crippen LogP contribution >= 0.6 is 22.9 Å². The Morgan fingerprint density at radius 3 is 2.85 bits per heavy atom. The van der Waals surface area contributed by atoms with E-state index in [-0.39, 0.29) is 6.61 Å². The van der Waals surface area contributed by atoms with Gasteiger partial charge in [0.25, 0.3) is 0 Å². The Morgan fingerprint density at radius 1 is 1.69 bits per heavy atom. The van der Waals surface area contributed by atoms with Crippen molar-refractivity contribution in [2.45, 2.75) is 25.3 Å². The summed E-state index contributed by atoms with van der Waals surface area (Å²) in [5, 5.41) is 11.7. The van der Waals surface area contributed by atoms with E-state index in [1.54, 1.807) is 11.3 Å². The molecule has 0 aliphatic rings. The van der Waals surface area contributed by atoms with Gasteiger partial charge in [0.1, 0.15) is 0 Å². The number of aliphatic hydroxyl groups excluding tert-OH is 1. The zero-order valence-corrected chi connectivity index (χ0v) is 9.16. The van der Waals surface area contributed by atoms with Crippen LogP contribution in [0.15, 0.2) is 11.4 Å². The van der Waals surface area contributed by atoms with Crippen molar-refractivity contribution in [1.82, 2.24) is 0 Å². The number of nitrogens with two attached hydrogens (primary N) is 1. The fraction of sp³-hybridized carbons (Fsp3) is 0.556. The molecule has 0 fully saturated rings. The van der Waals surface area contributed by atoms with Gasteiger partial charge in [0, 0.05) is 10.4 Å². The van der Waals surface area contributed by atoms with E-state index >= 15 is 0 Å². The van der Waals surface area contributed by atoms with Crippen LogP contribution in [0.2, 0.25) is 5.02 Å². The molecule has 0 bridgehead atoms. The summed E-state index contributed by atoms with van der Waals surface area (Å²) in [5.41, 5.74) is 5.30. The molecule has 0 aliphatic carbocycles. The first-order valence-electron chi connectivity index (χ1n) is 4.17. The monoisotopic (exact) mass is 219 g/mol. The molecule has 1 atom stereocenters. The van der Waals surface area contributed by atoms with Crippen LogP contribution in [0.3, 0.4) is 0 Å². The van der Waals surface area contributed by atoms with E-state index in [4.69, 9.17) is 22.4 Å². The summed E-state index contributed by atoms with van der Waals surface area (Å²) in [4.78, 5) is 1.15. The second-order valence-electron chi connectivity index (χ2n) is 3.50. The molecule has 4 heteroatoms. The summed E-state index contributed by atoms with van der Waals surface area (Å²) in [7, 11) is 0. The third-order valence-electron chi connectivity index (χ3n) is 1.98. The number of halogens is 1. The van der Waals surface area contributed by atoms with Crippen LogP contribution in [0, 0.1) is 0 Å². The highest BCUT2D eigenvalue weighted by Gasteiger charge is 2.17. The summed E-state index contributed by atoms with van der Waals surface area (Å²) >= 11 is 7.55. The molecule has 74 valence electrons. The fourth-order valence-corrected chi connectivity index (χ4v) is 2.12. The Kier molecular flexibility index (Phi) is 3.74. The Bertz CT molecular complexity index is 272. The first-order valence-corrected chi connectivity index (χ1v) is 5.42. The smallest absolute Gasteiger partial charge is 0.0608 e. The van der Waals surface area contributed by atoms with Crippen LogP contribution in [0.25, 0.3) is 0 Å². The maximum Gasteiger partial charge on any atom is 0.0608 e. The largest absolute Gasteiger partial charge is 0.394 e. The zero-order valence-electron chi connectivity index (χ0n) is 7.59. The highest BCUT2D eigenvalue weighted by atomic mass is 35.5. The molecule has 2 nitrogen and oxygen atoms in total. The molecule has 1 unspecified atom stereocenters. The normalized spacial score (nSPS) is 15.7. The lowest BCUT2D eigenvalue weighted by molar-refractivity contribution is 0.201. The van der Waals surface area contributed by atoms with Gasteiger partial charge in [-0.05, 0) is 31.2 Å². The maximum atomic E-state index is 8.94. The minimum absolute atomic E-state index is 0.00991. The standard InChI is InChI=1S/C9H14ClNOS/c1-9(11,6-12)4-2-8-7(10)3-5-13-8/h3,5,12H,2,4,6,11H2,1H3. The van der Waals surface area contributed by atoms with Crippen LogP contribution in [-0.2, 0) is 6.42 Å². The van der Waals surface area contributed by atoms with Gasteiger partial charge < -0.3 is 10.8 Å². The average Bonchev–Trinajstić information content (AvgIpc) is 2.48. The molecule has 0 saturated carbocycles. The summed E-state index contributed by atoms with van der Waals surface area (Å²) in [6.07, 6.45) is 1.59. The first kappa shape index (κ1) is 11.0. The van der Waals surface area contributed by atoms with Crippen molar-refractivity contribution in [3.05, 3.63) is 21.3 Å². The predicted octanol–water partition coefficient (Wildman–Crippen LogP) is 2.04. The number of hydrogen-bond donors (Lipinski definition) is 2.